The minimum absolute atomic E-state index is 0.0929. The second kappa shape index (κ2) is 12.5. The van der Waals surface area contributed by atoms with E-state index in [0.29, 0.717) is 17.0 Å². The number of furan rings is 1. The van der Waals surface area contributed by atoms with Gasteiger partial charge in [0, 0.05) is 39.7 Å². The Hall–Kier alpha value is -7.24. The van der Waals surface area contributed by atoms with Crippen LogP contribution in [0.3, 0.4) is 0 Å². The average Bonchev–Trinajstić information content (AvgIpc) is 3.79. The molecule has 0 bridgehead atoms. The van der Waals surface area contributed by atoms with Crippen LogP contribution < -0.4 is 0 Å². The number of aromatic hydroxyl groups is 1. The number of rotatable bonds is 6. The Kier molecular flexibility index (Phi) is 7.22. The van der Waals surface area contributed by atoms with Gasteiger partial charge in [-0.05, 0) is 76.9 Å². The number of phenols is 1. The van der Waals surface area contributed by atoms with Gasteiger partial charge >= 0.3 is 0 Å². The molecular formula is C48H31N3O2. The highest BCUT2D eigenvalue weighted by Gasteiger charge is 2.23. The van der Waals surface area contributed by atoms with E-state index in [9.17, 15) is 5.11 Å². The first-order chi connectivity index (χ1) is 26.2. The van der Waals surface area contributed by atoms with Crippen molar-refractivity contribution in [3.63, 3.8) is 0 Å². The van der Waals surface area contributed by atoms with Gasteiger partial charge < -0.3 is 9.52 Å². The highest BCUT2D eigenvalue weighted by Crippen LogP contribution is 2.43. The lowest BCUT2D eigenvalue weighted by Gasteiger charge is -2.16. The minimum atomic E-state index is 0.0929. The molecule has 7 aromatic carbocycles. The summed E-state index contributed by atoms with van der Waals surface area (Å²) in [7, 11) is 0. The van der Waals surface area contributed by atoms with E-state index < -0.39 is 0 Å². The molecule has 0 aliphatic carbocycles. The molecule has 250 valence electrons. The number of aromatic nitrogens is 3. The maximum Gasteiger partial charge on any atom is 0.149 e. The number of para-hydroxylation sites is 3. The number of pyridine rings is 1. The second-order valence-electron chi connectivity index (χ2n) is 13.2. The predicted molar refractivity (Wildman–Crippen MR) is 215 cm³/mol. The Bertz CT molecular complexity index is 2890. The fourth-order valence-corrected chi connectivity index (χ4v) is 7.49. The molecule has 1 N–H and O–H groups in total. The zero-order valence-electron chi connectivity index (χ0n) is 28.5. The molecule has 10 rings (SSSR count). The molecule has 10 aromatic rings. The van der Waals surface area contributed by atoms with Crippen molar-refractivity contribution < 1.29 is 9.52 Å². The van der Waals surface area contributed by atoms with Crippen LogP contribution in [0.2, 0.25) is 0 Å². The molecule has 0 aliphatic rings. The first kappa shape index (κ1) is 30.6. The molecule has 0 radical (unpaired) electrons. The molecule has 3 heterocycles. The maximum absolute atomic E-state index is 11.8. The summed E-state index contributed by atoms with van der Waals surface area (Å²) in [5, 5.41) is 13.7. The monoisotopic (exact) mass is 681 g/mol. The van der Waals surface area contributed by atoms with Crippen LogP contribution in [0.5, 0.6) is 5.75 Å². The van der Waals surface area contributed by atoms with Crippen molar-refractivity contribution in [3.05, 3.63) is 182 Å². The van der Waals surface area contributed by atoms with E-state index in [2.05, 4.69) is 114 Å². The lowest BCUT2D eigenvalue weighted by atomic mass is 9.94. The van der Waals surface area contributed by atoms with Crippen molar-refractivity contribution in [3.8, 4) is 67.5 Å². The number of benzene rings is 7. The van der Waals surface area contributed by atoms with Gasteiger partial charge in [0.25, 0.3) is 0 Å². The van der Waals surface area contributed by atoms with Crippen molar-refractivity contribution >= 4 is 33.0 Å². The van der Waals surface area contributed by atoms with E-state index in [0.717, 1.165) is 77.7 Å². The van der Waals surface area contributed by atoms with Crippen LogP contribution in [0.25, 0.3) is 94.7 Å². The molecule has 0 aliphatic heterocycles. The maximum atomic E-state index is 11.8. The molecule has 5 heteroatoms. The first-order valence-corrected chi connectivity index (χ1v) is 17.6. The Balaban J connectivity index is 1.28. The number of hydrogen-bond acceptors (Lipinski definition) is 4. The summed E-state index contributed by atoms with van der Waals surface area (Å²) in [6.45, 7) is 0. The lowest BCUT2D eigenvalue weighted by Crippen LogP contribution is -2.00. The molecule has 0 saturated heterocycles. The average molecular weight is 682 g/mol. The van der Waals surface area contributed by atoms with Gasteiger partial charge in [0.2, 0.25) is 0 Å². The van der Waals surface area contributed by atoms with Crippen LogP contribution in [0.4, 0.5) is 0 Å². The van der Waals surface area contributed by atoms with Gasteiger partial charge in [-0.3, -0.25) is 9.55 Å². The van der Waals surface area contributed by atoms with Gasteiger partial charge in [-0.2, -0.15) is 0 Å². The van der Waals surface area contributed by atoms with Crippen LogP contribution in [0, 0.1) is 0 Å². The number of phenolic OH excluding ortho intramolecular Hbond substituents is 1. The van der Waals surface area contributed by atoms with Crippen LogP contribution in [0.1, 0.15) is 0 Å². The summed E-state index contributed by atoms with van der Waals surface area (Å²) in [6, 6.07) is 59.8. The highest BCUT2D eigenvalue weighted by atomic mass is 16.3. The van der Waals surface area contributed by atoms with Gasteiger partial charge in [0.1, 0.15) is 22.7 Å². The Morgan fingerprint density at radius 2 is 1.17 bits per heavy atom. The van der Waals surface area contributed by atoms with E-state index >= 15 is 0 Å². The SMILES string of the molecule is Oc1cc2oc3ccccc3c2cc1-c1nc2c(-c3cc(-c4ccccc4)cc(-c4ccccn4)c3)cccc2n1-c1ccccc1-c1ccccc1. The molecule has 53 heavy (non-hydrogen) atoms. The van der Waals surface area contributed by atoms with Gasteiger partial charge in [-0.15, -0.1) is 0 Å². The summed E-state index contributed by atoms with van der Waals surface area (Å²) in [5.74, 6) is 0.722. The topological polar surface area (TPSA) is 64.1 Å². The fraction of sp³-hybridized carbons (Fsp3) is 0. The quantitative estimate of drug-likeness (QED) is 0.190. The molecule has 0 fully saturated rings. The normalized spacial score (nSPS) is 11.5. The van der Waals surface area contributed by atoms with Crippen molar-refractivity contribution in [2.24, 2.45) is 0 Å². The molecule has 5 nitrogen and oxygen atoms in total. The van der Waals surface area contributed by atoms with Crippen LogP contribution in [-0.4, -0.2) is 19.6 Å². The third-order valence-corrected chi connectivity index (χ3v) is 9.96. The number of nitrogens with zero attached hydrogens (tertiary/aromatic N) is 3. The number of hydrogen-bond donors (Lipinski definition) is 1. The van der Waals surface area contributed by atoms with Gasteiger partial charge in [0.05, 0.1) is 28.0 Å². The zero-order chi connectivity index (χ0) is 35.3. The van der Waals surface area contributed by atoms with E-state index in [1.165, 1.54) is 0 Å². The Morgan fingerprint density at radius 3 is 2.00 bits per heavy atom. The largest absolute Gasteiger partial charge is 0.507 e. The Morgan fingerprint density at radius 1 is 0.472 bits per heavy atom. The number of fused-ring (bicyclic) bond motifs is 4. The van der Waals surface area contributed by atoms with E-state index in [1.807, 2.05) is 66.9 Å². The van der Waals surface area contributed by atoms with Gasteiger partial charge in [-0.1, -0.05) is 115 Å². The number of imidazole rings is 1. The van der Waals surface area contributed by atoms with Crippen LogP contribution in [-0.2, 0) is 0 Å². The summed E-state index contributed by atoms with van der Waals surface area (Å²) < 4.78 is 8.34. The van der Waals surface area contributed by atoms with Crippen molar-refractivity contribution in [2.45, 2.75) is 0 Å². The van der Waals surface area contributed by atoms with Crippen LogP contribution >= 0.6 is 0 Å². The molecule has 0 spiro atoms. The third kappa shape index (κ3) is 5.26. The summed E-state index contributed by atoms with van der Waals surface area (Å²) in [5.41, 5.74) is 13.0. The van der Waals surface area contributed by atoms with Crippen molar-refractivity contribution in [2.75, 3.05) is 0 Å². The molecule has 0 unspecified atom stereocenters. The standard InChI is InChI=1S/C48H31N3O2/c52-44-30-46-39(38-19-8-10-24-45(38)53-46)29-40(44)48-50-47-37(20-13-23-43(47)51(48)42-22-9-7-18-36(42)32-16-5-2-6-17-32)34-26-33(31-14-3-1-4-15-31)27-35(28-34)41-21-11-12-25-49-41/h1-30,52H. The third-order valence-electron chi connectivity index (χ3n) is 9.96. The molecular weight excluding hydrogens is 651 g/mol. The highest BCUT2D eigenvalue weighted by molar-refractivity contribution is 6.07. The van der Waals surface area contributed by atoms with Crippen LogP contribution in [0.15, 0.2) is 187 Å². The van der Waals surface area contributed by atoms with Gasteiger partial charge in [0.15, 0.2) is 0 Å². The molecule has 0 saturated carbocycles. The Labute approximate surface area is 305 Å². The van der Waals surface area contributed by atoms with Gasteiger partial charge in [-0.25, -0.2) is 4.98 Å². The van der Waals surface area contributed by atoms with E-state index in [4.69, 9.17) is 14.4 Å². The zero-order valence-corrected chi connectivity index (χ0v) is 28.5. The second-order valence-corrected chi connectivity index (χ2v) is 13.2. The minimum Gasteiger partial charge on any atom is -0.507 e. The molecule has 0 atom stereocenters. The van der Waals surface area contributed by atoms with Crippen molar-refractivity contribution in [1.82, 2.24) is 14.5 Å². The van der Waals surface area contributed by atoms with Crippen molar-refractivity contribution in [1.29, 1.82) is 0 Å². The summed E-state index contributed by atoms with van der Waals surface area (Å²) in [6.07, 6.45) is 1.83. The summed E-state index contributed by atoms with van der Waals surface area (Å²) >= 11 is 0. The first-order valence-electron chi connectivity index (χ1n) is 17.6. The van der Waals surface area contributed by atoms with E-state index in [-0.39, 0.29) is 5.75 Å². The molecule has 0 amide bonds. The predicted octanol–water partition coefficient (Wildman–Crippen LogP) is 12.4. The fourth-order valence-electron chi connectivity index (χ4n) is 7.49. The van der Waals surface area contributed by atoms with E-state index in [1.54, 1.807) is 6.07 Å². The molecule has 3 aromatic heterocycles. The smallest absolute Gasteiger partial charge is 0.149 e. The summed E-state index contributed by atoms with van der Waals surface area (Å²) in [4.78, 5) is 10.2. The lowest BCUT2D eigenvalue weighted by molar-refractivity contribution is 0.476.